The molecule has 1 fully saturated rings. The molecule has 142 valence electrons. The Labute approximate surface area is 162 Å². The van der Waals surface area contributed by atoms with E-state index in [1.807, 2.05) is 6.07 Å². The molecule has 2 amide bonds. The summed E-state index contributed by atoms with van der Waals surface area (Å²) in [6.07, 6.45) is 0. The van der Waals surface area contributed by atoms with E-state index in [4.69, 9.17) is 11.6 Å². The Kier molecular flexibility index (Phi) is 5.65. The third-order valence-corrected chi connectivity index (χ3v) is 5.14. The predicted octanol–water partition coefficient (Wildman–Crippen LogP) is 3.38. The molecule has 0 aliphatic carbocycles. The van der Waals surface area contributed by atoms with E-state index < -0.39 is 17.6 Å². The largest absolute Gasteiger partial charge is 0.368 e. The molecular weight excluding hydrogens is 369 g/mol. The van der Waals surface area contributed by atoms with Gasteiger partial charge in [-0.05, 0) is 49.2 Å². The zero-order valence-electron chi connectivity index (χ0n) is 15.3. The fraction of sp³-hybridized carbons (Fsp3) is 0.300. The number of nitrogens with one attached hydrogen (secondary N) is 1. The molecule has 5 nitrogen and oxygen atoms in total. The van der Waals surface area contributed by atoms with Crippen LogP contribution in [0.1, 0.15) is 11.1 Å². The monoisotopic (exact) mass is 389 g/mol. The first kappa shape index (κ1) is 19.2. The van der Waals surface area contributed by atoms with Gasteiger partial charge in [-0.1, -0.05) is 23.7 Å². The highest BCUT2D eigenvalue weighted by atomic mass is 35.5. The highest BCUT2D eigenvalue weighted by molar-refractivity contribution is 6.39. The van der Waals surface area contributed by atoms with Gasteiger partial charge >= 0.3 is 11.8 Å². The molecule has 0 atom stereocenters. The molecule has 0 aromatic heterocycles. The summed E-state index contributed by atoms with van der Waals surface area (Å²) in [5, 5.41) is 2.36. The van der Waals surface area contributed by atoms with Crippen LogP contribution in [0.5, 0.6) is 0 Å². The van der Waals surface area contributed by atoms with Crippen LogP contribution in [0.25, 0.3) is 0 Å². The quantitative estimate of drug-likeness (QED) is 0.801. The molecule has 0 bridgehead atoms. The SMILES string of the molecule is Cc1cccc(N2CCN(C(=O)C(=O)Nc3ccc(F)c(Cl)c3)CC2)c1C. The van der Waals surface area contributed by atoms with E-state index in [9.17, 15) is 14.0 Å². The smallest absolute Gasteiger partial charge is 0.313 e. The van der Waals surface area contributed by atoms with Crippen LogP contribution < -0.4 is 10.2 Å². The minimum Gasteiger partial charge on any atom is -0.368 e. The van der Waals surface area contributed by atoms with Crippen molar-refractivity contribution in [2.45, 2.75) is 13.8 Å². The zero-order valence-corrected chi connectivity index (χ0v) is 16.0. The molecule has 27 heavy (non-hydrogen) atoms. The van der Waals surface area contributed by atoms with E-state index in [1.54, 1.807) is 0 Å². The Hall–Kier alpha value is -2.60. The number of halogens is 2. The van der Waals surface area contributed by atoms with Gasteiger partial charge in [0.15, 0.2) is 0 Å². The Bertz CT molecular complexity index is 880. The molecule has 2 aromatic rings. The van der Waals surface area contributed by atoms with Gasteiger partial charge in [-0.25, -0.2) is 4.39 Å². The Morgan fingerprint density at radius 3 is 2.44 bits per heavy atom. The van der Waals surface area contributed by atoms with Crippen LogP contribution in [0.4, 0.5) is 15.8 Å². The van der Waals surface area contributed by atoms with Crippen molar-refractivity contribution in [2.24, 2.45) is 0 Å². The summed E-state index contributed by atoms with van der Waals surface area (Å²) < 4.78 is 13.2. The van der Waals surface area contributed by atoms with Crippen molar-refractivity contribution in [1.29, 1.82) is 0 Å². The van der Waals surface area contributed by atoms with Gasteiger partial charge in [0.05, 0.1) is 5.02 Å². The van der Waals surface area contributed by atoms with Gasteiger partial charge in [0.2, 0.25) is 0 Å². The van der Waals surface area contributed by atoms with E-state index in [0.717, 1.165) is 11.8 Å². The maximum Gasteiger partial charge on any atom is 0.313 e. The van der Waals surface area contributed by atoms with Crippen molar-refractivity contribution in [3.8, 4) is 0 Å². The Balaban J connectivity index is 1.60. The highest BCUT2D eigenvalue weighted by Gasteiger charge is 2.26. The van der Waals surface area contributed by atoms with Crippen LogP contribution in [-0.4, -0.2) is 42.9 Å². The van der Waals surface area contributed by atoms with Crippen LogP contribution in [0.15, 0.2) is 36.4 Å². The highest BCUT2D eigenvalue weighted by Crippen LogP contribution is 2.24. The van der Waals surface area contributed by atoms with E-state index >= 15 is 0 Å². The van der Waals surface area contributed by atoms with Crippen LogP contribution >= 0.6 is 11.6 Å². The fourth-order valence-corrected chi connectivity index (χ4v) is 3.31. The lowest BCUT2D eigenvalue weighted by atomic mass is 10.1. The van der Waals surface area contributed by atoms with Crippen LogP contribution in [0, 0.1) is 19.7 Å². The normalized spacial score (nSPS) is 14.2. The van der Waals surface area contributed by atoms with Gasteiger partial charge in [-0.3, -0.25) is 9.59 Å². The first-order valence-corrected chi connectivity index (χ1v) is 9.11. The third kappa shape index (κ3) is 4.22. The number of anilines is 2. The summed E-state index contributed by atoms with van der Waals surface area (Å²) in [4.78, 5) is 28.4. The Morgan fingerprint density at radius 1 is 1.07 bits per heavy atom. The number of amides is 2. The maximum atomic E-state index is 13.2. The second-order valence-corrected chi connectivity index (χ2v) is 6.99. The average Bonchev–Trinajstić information content (AvgIpc) is 2.66. The molecule has 2 aromatic carbocycles. The number of hydrogen-bond donors (Lipinski definition) is 1. The van der Waals surface area contributed by atoms with Crippen molar-refractivity contribution < 1.29 is 14.0 Å². The van der Waals surface area contributed by atoms with Crippen molar-refractivity contribution in [2.75, 3.05) is 36.4 Å². The van der Waals surface area contributed by atoms with E-state index in [0.29, 0.717) is 26.2 Å². The van der Waals surface area contributed by atoms with Gasteiger partial charge in [-0.2, -0.15) is 0 Å². The third-order valence-electron chi connectivity index (χ3n) is 4.86. The molecular formula is C20H21ClFN3O2. The molecule has 7 heteroatoms. The van der Waals surface area contributed by atoms with Crippen molar-refractivity contribution in [1.82, 2.24) is 4.90 Å². The number of carbonyl (C=O) groups excluding carboxylic acids is 2. The van der Waals surface area contributed by atoms with Crippen LogP contribution in [0.2, 0.25) is 5.02 Å². The molecule has 1 aliphatic rings. The lowest BCUT2D eigenvalue weighted by Gasteiger charge is -2.36. The summed E-state index contributed by atoms with van der Waals surface area (Å²) in [5.41, 5.74) is 3.90. The summed E-state index contributed by atoms with van der Waals surface area (Å²) in [7, 11) is 0. The molecule has 0 radical (unpaired) electrons. The van der Waals surface area contributed by atoms with E-state index in [-0.39, 0.29) is 10.7 Å². The lowest BCUT2D eigenvalue weighted by molar-refractivity contribution is -0.143. The predicted molar refractivity (Wildman–Crippen MR) is 105 cm³/mol. The Morgan fingerprint density at radius 2 is 1.78 bits per heavy atom. The van der Waals surface area contributed by atoms with Crippen molar-refractivity contribution in [3.05, 3.63) is 58.4 Å². The molecule has 3 rings (SSSR count). The standard InChI is InChI=1S/C20H21ClFN3O2/c1-13-4-3-5-18(14(13)2)24-8-10-25(11-9-24)20(27)19(26)23-15-6-7-17(22)16(21)12-15/h3-7,12H,8-11H2,1-2H3,(H,23,26). The summed E-state index contributed by atoms with van der Waals surface area (Å²) in [6, 6.07) is 9.96. The topological polar surface area (TPSA) is 52.7 Å². The van der Waals surface area contributed by atoms with Crippen molar-refractivity contribution >= 4 is 34.8 Å². The summed E-state index contributed by atoms with van der Waals surface area (Å²) in [5.74, 6) is -1.93. The number of hydrogen-bond acceptors (Lipinski definition) is 3. The first-order chi connectivity index (χ1) is 12.9. The number of rotatable bonds is 2. The molecule has 1 N–H and O–H groups in total. The molecule has 1 heterocycles. The lowest BCUT2D eigenvalue weighted by Crippen LogP contribution is -2.51. The second-order valence-electron chi connectivity index (χ2n) is 6.58. The number of nitrogens with zero attached hydrogens (tertiary/aromatic N) is 2. The number of benzene rings is 2. The van der Waals surface area contributed by atoms with Gasteiger partial charge in [0, 0.05) is 37.6 Å². The van der Waals surface area contributed by atoms with E-state index in [1.165, 1.54) is 28.2 Å². The summed E-state index contributed by atoms with van der Waals surface area (Å²) >= 11 is 5.70. The molecule has 0 unspecified atom stereocenters. The number of piperazine rings is 1. The van der Waals surface area contributed by atoms with Gasteiger partial charge in [0.25, 0.3) is 0 Å². The molecule has 1 aliphatic heterocycles. The number of aryl methyl sites for hydroxylation is 1. The van der Waals surface area contributed by atoms with Gasteiger partial charge in [0.1, 0.15) is 5.82 Å². The molecule has 0 saturated carbocycles. The minimum atomic E-state index is -0.752. The average molecular weight is 390 g/mol. The summed E-state index contributed by atoms with van der Waals surface area (Å²) in [6.45, 7) is 6.40. The van der Waals surface area contributed by atoms with Gasteiger partial charge in [-0.15, -0.1) is 0 Å². The van der Waals surface area contributed by atoms with Gasteiger partial charge < -0.3 is 15.1 Å². The first-order valence-electron chi connectivity index (χ1n) is 8.73. The van der Waals surface area contributed by atoms with Crippen LogP contribution in [-0.2, 0) is 9.59 Å². The molecule has 0 spiro atoms. The molecule has 1 saturated heterocycles. The minimum absolute atomic E-state index is 0.109. The van der Waals surface area contributed by atoms with Crippen LogP contribution in [0.3, 0.4) is 0 Å². The zero-order chi connectivity index (χ0) is 19.6. The number of carbonyl (C=O) groups is 2. The fourth-order valence-electron chi connectivity index (χ4n) is 3.13. The maximum absolute atomic E-state index is 13.2. The van der Waals surface area contributed by atoms with E-state index in [2.05, 4.69) is 36.2 Å². The second kappa shape index (κ2) is 7.96. The van der Waals surface area contributed by atoms with Crippen molar-refractivity contribution in [3.63, 3.8) is 0 Å².